The zero-order valence-corrected chi connectivity index (χ0v) is 17.9. The Morgan fingerprint density at radius 3 is 2.48 bits per heavy atom. The fourth-order valence-electron chi connectivity index (χ4n) is 3.80. The molecule has 2 N–H and O–H groups in total. The van der Waals surface area contributed by atoms with Crippen LogP contribution in [0.3, 0.4) is 0 Å². The SMILES string of the molecule is COC(=O)C(C)n1cc(C=C2CNC(=O)N(c3ccc(C(=O)O)cc3)C2=O)c2ccccc21. The number of ether oxygens (including phenoxy) is 1. The molecule has 168 valence electrons. The maximum Gasteiger partial charge on any atom is 0.335 e. The summed E-state index contributed by atoms with van der Waals surface area (Å²) >= 11 is 0. The lowest BCUT2D eigenvalue weighted by Crippen LogP contribution is -2.51. The largest absolute Gasteiger partial charge is 0.478 e. The molecule has 2 aromatic carbocycles. The average molecular weight is 447 g/mol. The van der Waals surface area contributed by atoms with E-state index in [2.05, 4.69) is 5.32 Å². The van der Waals surface area contributed by atoms with Crippen LogP contribution >= 0.6 is 0 Å². The second-order valence-electron chi connectivity index (χ2n) is 7.53. The van der Waals surface area contributed by atoms with Crippen molar-refractivity contribution >= 4 is 46.5 Å². The van der Waals surface area contributed by atoms with E-state index in [4.69, 9.17) is 9.84 Å². The Hall–Kier alpha value is -4.40. The fraction of sp³-hybridized carbons (Fsp3) is 0.167. The summed E-state index contributed by atoms with van der Waals surface area (Å²) in [5, 5.41) is 12.6. The summed E-state index contributed by atoms with van der Waals surface area (Å²) in [5.74, 6) is -2.01. The monoisotopic (exact) mass is 447 g/mol. The Labute approximate surface area is 188 Å². The summed E-state index contributed by atoms with van der Waals surface area (Å²) in [6, 6.07) is 11.8. The van der Waals surface area contributed by atoms with Gasteiger partial charge in [-0.05, 0) is 43.3 Å². The summed E-state index contributed by atoms with van der Waals surface area (Å²) in [5.41, 5.74) is 2.16. The number of nitrogens with one attached hydrogen (secondary N) is 1. The zero-order valence-electron chi connectivity index (χ0n) is 17.9. The Kier molecular flexibility index (Phi) is 5.70. The molecule has 4 rings (SSSR count). The number of urea groups is 1. The first-order valence-electron chi connectivity index (χ1n) is 10.2. The number of anilines is 1. The number of fused-ring (bicyclic) bond motifs is 1. The number of para-hydroxylation sites is 1. The van der Waals surface area contributed by atoms with Crippen LogP contribution in [0.15, 0.2) is 60.3 Å². The third kappa shape index (κ3) is 3.96. The number of carboxylic acid groups (broad SMARTS) is 1. The number of aromatic carboxylic acids is 1. The zero-order chi connectivity index (χ0) is 23.7. The lowest BCUT2D eigenvalue weighted by molar-refractivity contribution is -0.143. The molecule has 1 unspecified atom stereocenters. The number of hydrogen-bond donors (Lipinski definition) is 2. The van der Waals surface area contributed by atoms with Gasteiger partial charge in [0.25, 0.3) is 5.91 Å². The molecular formula is C24H21N3O6. The van der Waals surface area contributed by atoms with Crippen LogP contribution in [-0.2, 0) is 14.3 Å². The van der Waals surface area contributed by atoms with E-state index in [1.165, 1.54) is 31.4 Å². The van der Waals surface area contributed by atoms with Crippen LogP contribution in [0.25, 0.3) is 17.0 Å². The van der Waals surface area contributed by atoms with Crippen LogP contribution in [0.2, 0.25) is 0 Å². The Morgan fingerprint density at radius 2 is 1.82 bits per heavy atom. The van der Waals surface area contributed by atoms with Crippen molar-refractivity contribution in [1.29, 1.82) is 0 Å². The third-order valence-electron chi connectivity index (χ3n) is 5.54. The minimum Gasteiger partial charge on any atom is -0.478 e. The lowest BCUT2D eigenvalue weighted by atomic mass is 10.1. The molecule has 0 spiro atoms. The first-order valence-corrected chi connectivity index (χ1v) is 10.2. The van der Waals surface area contributed by atoms with Crippen LogP contribution in [-0.4, -0.2) is 47.2 Å². The molecule has 0 bridgehead atoms. The predicted molar refractivity (Wildman–Crippen MR) is 121 cm³/mol. The Morgan fingerprint density at radius 1 is 1.12 bits per heavy atom. The van der Waals surface area contributed by atoms with Crippen LogP contribution in [0.4, 0.5) is 10.5 Å². The van der Waals surface area contributed by atoms with E-state index in [-0.39, 0.29) is 17.8 Å². The highest BCUT2D eigenvalue weighted by Crippen LogP contribution is 2.28. The van der Waals surface area contributed by atoms with Crippen molar-refractivity contribution in [2.45, 2.75) is 13.0 Å². The van der Waals surface area contributed by atoms with Crippen molar-refractivity contribution in [3.8, 4) is 0 Å². The van der Waals surface area contributed by atoms with Crippen molar-refractivity contribution in [3.63, 3.8) is 0 Å². The number of amides is 3. The number of benzene rings is 2. The number of hydrogen-bond acceptors (Lipinski definition) is 5. The molecule has 1 aliphatic heterocycles. The van der Waals surface area contributed by atoms with Crippen LogP contribution in [0.1, 0.15) is 28.9 Å². The van der Waals surface area contributed by atoms with E-state index in [1.807, 2.05) is 24.3 Å². The Balaban J connectivity index is 1.73. The molecule has 1 aromatic heterocycles. The highest BCUT2D eigenvalue weighted by Gasteiger charge is 2.31. The molecule has 0 saturated carbocycles. The standard InChI is InChI=1S/C24H21N3O6/c1-14(23(31)33-2)26-13-17(19-5-3-4-6-20(19)26)11-16-12-25-24(32)27(21(16)28)18-9-7-15(8-10-18)22(29)30/h3-11,13-14H,12H2,1-2H3,(H,25,32)(H,29,30). The summed E-state index contributed by atoms with van der Waals surface area (Å²) in [7, 11) is 1.33. The van der Waals surface area contributed by atoms with Gasteiger partial charge in [0.05, 0.1) is 24.9 Å². The van der Waals surface area contributed by atoms with Crippen molar-refractivity contribution in [3.05, 3.63) is 71.4 Å². The highest BCUT2D eigenvalue weighted by atomic mass is 16.5. The van der Waals surface area contributed by atoms with Crippen molar-refractivity contribution < 1.29 is 29.0 Å². The number of carboxylic acids is 1. The van der Waals surface area contributed by atoms with Crippen LogP contribution in [0, 0.1) is 0 Å². The summed E-state index contributed by atoms with van der Waals surface area (Å²) in [6.07, 6.45) is 3.46. The van der Waals surface area contributed by atoms with E-state index in [0.29, 0.717) is 11.1 Å². The summed E-state index contributed by atoms with van der Waals surface area (Å²) in [6.45, 7) is 1.76. The fourth-order valence-corrected chi connectivity index (χ4v) is 3.80. The first-order chi connectivity index (χ1) is 15.8. The molecule has 2 heterocycles. The summed E-state index contributed by atoms with van der Waals surface area (Å²) < 4.78 is 6.65. The lowest BCUT2D eigenvalue weighted by Gasteiger charge is -2.27. The minimum absolute atomic E-state index is 0.0352. The van der Waals surface area contributed by atoms with Gasteiger partial charge in [0, 0.05) is 28.2 Å². The van der Waals surface area contributed by atoms with Crippen molar-refractivity contribution in [2.75, 3.05) is 18.6 Å². The molecule has 1 saturated heterocycles. The van der Waals surface area contributed by atoms with Crippen LogP contribution < -0.4 is 10.2 Å². The van der Waals surface area contributed by atoms with Gasteiger partial charge in [-0.3, -0.25) is 4.79 Å². The van der Waals surface area contributed by atoms with E-state index in [0.717, 1.165) is 15.8 Å². The number of rotatable bonds is 5. The number of esters is 1. The third-order valence-corrected chi connectivity index (χ3v) is 5.54. The number of carbonyl (C=O) groups is 4. The predicted octanol–water partition coefficient (Wildman–Crippen LogP) is 3.21. The van der Waals surface area contributed by atoms with E-state index in [9.17, 15) is 19.2 Å². The van der Waals surface area contributed by atoms with Crippen LogP contribution in [0.5, 0.6) is 0 Å². The molecule has 33 heavy (non-hydrogen) atoms. The molecule has 0 radical (unpaired) electrons. The Bertz CT molecular complexity index is 1310. The van der Waals surface area contributed by atoms with E-state index >= 15 is 0 Å². The smallest absolute Gasteiger partial charge is 0.335 e. The van der Waals surface area contributed by atoms with Gasteiger partial charge in [-0.1, -0.05) is 18.2 Å². The number of imide groups is 1. The minimum atomic E-state index is -1.10. The average Bonchev–Trinajstić information content (AvgIpc) is 3.18. The molecule has 0 aliphatic carbocycles. The number of carbonyl (C=O) groups excluding carboxylic acids is 3. The number of aromatic nitrogens is 1. The summed E-state index contributed by atoms with van der Waals surface area (Å²) in [4.78, 5) is 49.8. The maximum absolute atomic E-state index is 13.2. The van der Waals surface area contributed by atoms with Gasteiger partial charge in [-0.25, -0.2) is 19.3 Å². The van der Waals surface area contributed by atoms with Crippen molar-refractivity contribution in [1.82, 2.24) is 9.88 Å². The molecule has 1 fully saturated rings. The number of methoxy groups -OCH3 is 1. The highest BCUT2D eigenvalue weighted by molar-refractivity contribution is 6.24. The number of nitrogens with zero attached hydrogens (tertiary/aromatic N) is 2. The van der Waals surface area contributed by atoms with E-state index in [1.54, 1.807) is 23.8 Å². The first kappa shape index (κ1) is 21.8. The molecule has 3 aromatic rings. The quantitative estimate of drug-likeness (QED) is 0.458. The normalized spacial score (nSPS) is 16.1. The topological polar surface area (TPSA) is 118 Å². The van der Waals surface area contributed by atoms with Gasteiger partial charge >= 0.3 is 18.0 Å². The second-order valence-corrected chi connectivity index (χ2v) is 7.53. The molecular weight excluding hydrogens is 426 g/mol. The maximum atomic E-state index is 13.2. The molecule has 9 heteroatoms. The molecule has 1 aliphatic rings. The van der Waals surface area contributed by atoms with Gasteiger partial charge in [0.2, 0.25) is 0 Å². The second kappa shape index (κ2) is 8.62. The van der Waals surface area contributed by atoms with Gasteiger partial charge in [0.15, 0.2) is 0 Å². The van der Waals surface area contributed by atoms with Gasteiger partial charge in [0.1, 0.15) is 6.04 Å². The molecule has 9 nitrogen and oxygen atoms in total. The molecule has 1 atom stereocenters. The van der Waals surface area contributed by atoms with Gasteiger partial charge < -0.3 is 19.7 Å². The molecule has 3 amide bonds. The van der Waals surface area contributed by atoms with E-state index < -0.39 is 29.9 Å². The van der Waals surface area contributed by atoms with Gasteiger partial charge in [-0.2, -0.15) is 0 Å². The van der Waals surface area contributed by atoms with Crippen molar-refractivity contribution in [2.24, 2.45) is 0 Å². The van der Waals surface area contributed by atoms with Gasteiger partial charge in [-0.15, -0.1) is 0 Å².